The fourth-order valence-corrected chi connectivity index (χ4v) is 3.41. The molecule has 2 saturated heterocycles. The molecule has 0 radical (unpaired) electrons. The Balaban J connectivity index is 1.62. The van der Waals surface area contributed by atoms with Crippen LogP contribution >= 0.6 is 11.8 Å². The summed E-state index contributed by atoms with van der Waals surface area (Å²) in [5, 5.41) is 3.70. The Labute approximate surface area is 85.4 Å². The molecule has 0 aliphatic carbocycles. The van der Waals surface area contributed by atoms with Crippen molar-refractivity contribution in [1.82, 2.24) is 10.2 Å². The van der Waals surface area contributed by atoms with Crippen molar-refractivity contribution in [2.24, 2.45) is 5.92 Å². The number of likely N-dealkylation sites (tertiary alicyclic amines) is 1. The van der Waals surface area contributed by atoms with Crippen LogP contribution in [0.4, 0.5) is 0 Å². The van der Waals surface area contributed by atoms with E-state index in [9.17, 15) is 0 Å². The summed E-state index contributed by atoms with van der Waals surface area (Å²) in [6, 6.07) is 0.816. The lowest BCUT2D eigenvalue weighted by Crippen LogP contribution is -2.34. The van der Waals surface area contributed by atoms with E-state index >= 15 is 0 Å². The molecule has 2 heterocycles. The minimum absolute atomic E-state index is 0.816. The van der Waals surface area contributed by atoms with Crippen LogP contribution in [0.25, 0.3) is 0 Å². The van der Waals surface area contributed by atoms with Gasteiger partial charge in [-0.25, -0.2) is 0 Å². The maximum absolute atomic E-state index is 3.70. The number of thioether (sulfide) groups is 1. The van der Waals surface area contributed by atoms with Crippen LogP contribution in [0.3, 0.4) is 0 Å². The highest BCUT2D eigenvalue weighted by atomic mass is 32.2. The Bertz CT molecular complexity index is 157. The predicted molar refractivity (Wildman–Crippen MR) is 59.3 cm³/mol. The Hall–Kier alpha value is 0.270. The van der Waals surface area contributed by atoms with Crippen LogP contribution in [0, 0.1) is 5.92 Å². The largest absolute Gasteiger partial charge is 0.313 e. The normalized spacial score (nSPS) is 35.8. The lowest BCUT2D eigenvalue weighted by molar-refractivity contribution is 0.381. The molecule has 76 valence electrons. The second-order valence-electron chi connectivity index (χ2n) is 4.39. The number of nitrogens with one attached hydrogen (secondary N) is 1. The van der Waals surface area contributed by atoms with Crippen molar-refractivity contribution in [2.75, 3.05) is 38.2 Å². The topological polar surface area (TPSA) is 15.3 Å². The average molecular weight is 200 g/mol. The summed E-state index contributed by atoms with van der Waals surface area (Å²) in [5.74, 6) is 3.61. The zero-order valence-electron chi connectivity index (χ0n) is 8.46. The van der Waals surface area contributed by atoms with E-state index in [4.69, 9.17) is 0 Å². The SMILES string of the molecule is CN1CCC(CNC2CCSC2)C1. The highest BCUT2D eigenvalue weighted by Gasteiger charge is 2.21. The second kappa shape index (κ2) is 4.67. The van der Waals surface area contributed by atoms with E-state index in [1.54, 1.807) is 0 Å². The van der Waals surface area contributed by atoms with Gasteiger partial charge in [-0.05, 0) is 44.6 Å². The first-order valence-electron chi connectivity index (χ1n) is 5.34. The van der Waals surface area contributed by atoms with E-state index in [0.717, 1.165) is 12.0 Å². The van der Waals surface area contributed by atoms with E-state index < -0.39 is 0 Å². The zero-order valence-corrected chi connectivity index (χ0v) is 9.28. The fraction of sp³-hybridized carbons (Fsp3) is 1.00. The zero-order chi connectivity index (χ0) is 9.10. The van der Waals surface area contributed by atoms with Crippen molar-refractivity contribution in [1.29, 1.82) is 0 Å². The van der Waals surface area contributed by atoms with Crippen molar-refractivity contribution in [3.05, 3.63) is 0 Å². The average Bonchev–Trinajstić information content (AvgIpc) is 2.71. The van der Waals surface area contributed by atoms with Gasteiger partial charge in [-0.2, -0.15) is 11.8 Å². The van der Waals surface area contributed by atoms with E-state index in [1.807, 2.05) is 0 Å². The molecule has 3 heteroatoms. The first kappa shape index (κ1) is 9.81. The monoisotopic (exact) mass is 200 g/mol. The van der Waals surface area contributed by atoms with Gasteiger partial charge >= 0.3 is 0 Å². The van der Waals surface area contributed by atoms with E-state index in [2.05, 4.69) is 29.0 Å². The van der Waals surface area contributed by atoms with Gasteiger partial charge in [-0.15, -0.1) is 0 Å². The highest BCUT2D eigenvalue weighted by molar-refractivity contribution is 7.99. The summed E-state index contributed by atoms with van der Waals surface area (Å²) in [6.07, 6.45) is 2.77. The van der Waals surface area contributed by atoms with Gasteiger partial charge < -0.3 is 10.2 Å². The minimum atomic E-state index is 0.816. The second-order valence-corrected chi connectivity index (χ2v) is 5.54. The Morgan fingerprint density at radius 3 is 3.00 bits per heavy atom. The standard InChI is InChI=1S/C10H20N2S/c1-12-4-2-9(7-12)6-11-10-3-5-13-8-10/h9-11H,2-8H2,1H3. The molecule has 0 bridgehead atoms. The third-order valence-corrected chi connectivity index (χ3v) is 4.28. The fourth-order valence-electron chi connectivity index (χ4n) is 2.22. The third-order valence-electron chi connectivity index (χ3n) is 3.11. The van der Waals surface area contributed by atoms with E-state index in [0.29, 0.717) is 0 Å². The molecule has 0 amide bonds. The van der Waals surface area contributed by atoms with Gasteiger partial charge in [-0.1, -0.05) is 0 Å². The Kier molecular flexibility index (Phi) is 3.52. The quantitative estimate of drug-likeness (QED) is 0.732. The van der Waals surface area contributed by atoms with Gasteiger partial charge in [0.1, 0.15) is 0 Å². The van der Waals surface area contributed by atoms with Crippen molar-refractivity contribution < 1.29 is 0 Å². The molecule has 1 N–H and O–H groups in total. The van der Waals surface area contributed by atoms with Crippen LogP contribution in [0.15, 0.2) is 0 Å². The molecule has 0 aromatic heterocycles. The minimum Gasteiger partial charge on any atom is -0.313 e. The van der Waals surface area contributed by atoms with Crippen LogP contribution in [-0.2, 0) is 0 Å². The molecule has 0 aromatic carbocycles. The van der Waals surface area contributed by atoms with Gasteiger partial charge in [0.25, 0.3) is 0 Å². The predicted octanol–water partition coefficient (Wildman–Crippen LogP) is 1.03. The third kappa shape index (κ3) is 2.86. The van der Waals surface area contributed by atoms with Crippen molar-refractivity contribution in [3.63, 3.8) is 0 Å². The van der Waals surface area contributed by atoms with Gasteiger partial charge in [0.05, 0.1) is 0 Å². The maximum atomic E-state index is 3.70. The number of nitrogens with zero attached hydrogens (tertiary/aromatic N) is 1. The molecule has 2 rings (SSSR count). The molecule has 0 spiro atoms. The van der Waals surface area contributed by atoms with Crippen molar-refractivity contribution in [3.8, 4) is 0 Å². The van der Waals surface area contributed by atoms with Gasteiger partial charge in [-0.3, -0.25) is 0 Å². The molecule has 2 nitrogen and oxygen atoms in total. The lowest BCUT2D eigenvalue weighted by atomic mass is 10.1. The molecular formula is C10H20N2S. The Morgan fingerprint density at radius 1 is 1.46 bits per heavy atom. The molecular weight excluding hydrogens is 180 g/mol. The summed E-state index contributed by atoms with van der Waals surface area (Å²) in [4.78, 5) is 2.44. The molecule has 13 heavy (non-hydrogen) atoms. The van der Waals surface area contributed by atoms with Gasteiger partial charge in [0.15, 0.2) is 0 Å². The molecule has 0 aromatic rings. The van der Waals surface area contributed by atoms with E-state index in [1.165, 1.54) is 44.0 Å². The molecule has 2 unspecified atom stereocenters. The number of hydrogen-bond acceptors (Lipinski definition) is 3. The molecule has 0 saturated carbocycles. The van der Waals surface area contributed by atoms with Crippen LogP contribution in [0.5, 0.6) is 0 Å². The first-order valence-corrected chi connectivity index (χ1v) is 6.50. The van der Waals surface area contributed by atoms with Crippen LogP contribution in [0.1, 0.15) is 12.8 Å². The molecule has 2 fully saturated rings. The van der Waals surface area contributed by atoms with Gasteiger partial charge in [0, 0.05) is 18.3 Å². The van der Waals surface area contributed by atoms with Crippen molar-refractivity contribution >= 4 is 11.8 Å². The van der Waals surface area contributed by atoms with Crippen LogP contribution in [-0.4, -0.2) is 49.1 Å². The smallest absolute Gasteiger partial charge is 0.0166 e. The number of hydrogen-bond donors (Lipinski definition) is 1. The summed E-state index contributed by atoms with van der Waals surface area (Å²) in [6.45, 7) is 3.84. The number of rotatable bonds is 3. The molecule has 2 aliphatic rings. The summed E-state index contributed by atoms with van der Waals surface area (Å²) in [5.41, 5.74) is 0. The van der Waals surface area contributed by atoms with Crippen molar-refractivity contribution in [2.45, 2.75) is 18.9 Å². The summed E-state index contributed by atoms with van der Waals surface area (Å²) >= 11 is 2.09. The van der Waals surface area contributed by atoms with Gasteiger partial charge in [0.2, 0.25) is 0 Å². The molecule has 2 aliphatic heterocycles. The molecule has 2 atom stereocenters. The van der Waals surface area contributed by atoms with Crippen LogP contribution < -0.4 is 5.32 Å². The summed E-state index contributed by atoms with van der Waals surface area (Å²) < 4.78 is 0. The maximum Gasteiger partial charge on any atom is 0.0166 e. The Morgan fingerprint density at radius 2 is 2.38 bits per heavy atom. The lowest BCUT2D eigenvalue weighted by Gasteiger charge is -2.15. The summed E-state index contributed by atoms with van der Waals surface area (Å²) in [7, 11) is 2.23. The van der Waals surface area contributed by atoms with Crippen LogP contribution in [0.2, 0.25) is 0 Å². The van der Waals surface area contributed by atoms with E-state index in [-0.39, 0.29) is 0 Å². The highest BCUT2D eigenvalue weighted by Crippen LogP contribution is 2.18. The first-order chi connectivity index (χ1) is 6.34.